The number of hydrogen-bond acceptors (Lipinski definition) is 3. The van der Waals surface area contributed by atoms with Crippen LogP contribution in [-0.2, 0) is 0 Å². The fraction of sp³-hybridized carbons (Fsp3) is 0.0667. The zero-order valence-electron chi connectivity index (χ0n) is 11.2. The molecule has 1 amide bonds. The molecule has 0 unspecified atom stereocenters. The summed E-state index contributed by atoms with van der Waals surface area (Å²) >= 11 is 3.38. The number of methoxy groups -OCH3 is 1. The Morgan fingerprint density at radius 2 is 2.14 bits per heavy atom. The van der Waals surface area contributed by atoms with E-state index in [1.807, 2.05) is 12.1 Å². The number of halogens is 1. The van der Waals surface area contributed by atoms with Gasteiger partial charge in [0.15, 0.2) is 0 Å². The number of nitrogens with one attached hydrogen (secondary N) is 2. The summed E-state index contributed by atoms with van der Waals surface area (Å²) in [5.41, 5.74) is 2.06. The van der Waals surface area contributed by atoms with Crippen molar-refractivity contribution in [2.45, 2.75) is 0 Å². The van der Waals surface area contributed by atoms with Crippen LogP contribution in [0.2, 0.25) is 0 Å². The minimum Gasteiger partial charge on any atom is -0.495 e. The molecule has 3 rings (SSSR count). The number of carbonyl (C=O) groups is 1. The average molecular weight is 346 g/mol. The van der Waals surface area contributed by atoms with Crippen molar-refractivity contribution in [2.24, 2.45) is 0 Å². The van der Waals surface area contributed by atoms with Crippen molar-refractivity contribution in [1.29, 1.82) is 0 Å². The standard InChI is InChI=1S/C15H12BrN3O2/c1-21-14-7-11(4-5-12(14)16)18-15(20)9-2-3-10-8-17-19-13(10)6-9/h2-8H,1H3,(H,17,19)(H,18,20). The molecular weight excluding hydrogens is 334 g/mol. The van der Waals surface area contributed by atoms with Gasteiger partial charge in [-0.1, -0.05) is 6.07 Å². The fourth-order valence-electron chi connectivity index (χ4n) is 2.02. The predicted octanol–water partition coefficient (Wildman–Crippen LogP) is 3.59. The molecule has 0 spiro atoms. The molecule has 0 aliphatic carbocycles. The number of rotatable bonds is 3. The first kappa shape index (κ1) is 13.6. The van der Waals surface area contributed by atoms with E-state index >= 15 is 0 Å². The van der Waals surface area contributed by atoms with Crippen LogP contribution in [0.4, 0.5) is 5.69 Å². The van der Waals surface area contributed by atoms with Gasteiger partial charge < -0.3 is 10.1 Å². The van der Waals surface area contributed by atoms with E-state index in [1.165, 1.54) is 0 Å². The number of ether oxygens (including phenoxy) is 1. The van der Waals surface area contributed by atoms with Crippen molar-refractivity contribution >= 4 is 38.4 Å². The summed E-state index contributed by atoms with van der Waals surface area (Å²) in [4.78, 5) is 12.3. The lowest BCUT2D eigenvalue weighted by Crippen LogP contribution is -2.11. The van der Waals surface area contributed by atoms with Gasteiger partial charge in [-0.15, -0.1) is 0 Å². The van der Waals surface area contributed by atoms with Gasteiger partial charge in [-0.25, -0.2) is 0 Å². The first-order valence-corrected chi connectivity index (χ1v) is 7.05. The molecule has 2 N–H and O–H groups in total. The molecule has 1 heterocycles. The van der Waals surface area contributed by atoms with Gasteiger partial charge in [0.25, 0.3) is 5.91 Å². The van der Waals surface area contributed by atoms with E-state index in [-0.39, 0.29) is 5.91 Å². The summed E-state index contributed by atoms with van der Waals surface area (Å²) in [6, 6.07) is 10.8. The summed E-state index contributed by atoms with van der Waals surface area (Å²) in [7, 11) is 1.58. The van der Waals surface area contributed by atoms with Crippen molar-refractivity contribution in [3.05, 3.63) is 52.6 Å². The van der Waals surface area contributed by atoms with Crippen molar-refractivity contribution in [3.63, 3.8) is 0 Å². The molecule has 2 aromatic carbocycles. The van der Waals surface area contributed by atoms with Crippen molar-refractivity contribution in [1.82, 2.24) is 10.2 Å². The van der Waals surface area contributed by atoms with Gasteiger partial charge in [0.1, 0.15) is 5.75 Å². The highest BCUT2D eigenvalue weighted by Crippen LogP contribution is 2.28. The molecule has 6 heteroatoms. The van der Waals surface area contributed by atoms with Crippen LogP contribution in [0.5, 0.6) is 5.75 Å². The van der Waals surface area contributed by atoms with E-state index in [4.69, 9.17) is 4.74 Å². The van der Waals surface area contributed by atoms with Crippen LogP contribution in [-0.4, -0.2) is 23.2 Å². The zero-order valence-corrected chi connectivity index (χ0v) is 12.8. The molecular formula is C15H12BrN3O2. The number of aromatic nitrogens is 2. The molecule has 0 fully saturated rings. The molecule has 0 radical (unpaired) electrons. The lowest BCUT2D eigenvalue weighted by Gasteiger charge is -2.08. The zero-order chi connectivity index (χ0) is 14.8. The third-order valence-electron chi connectivity index (χ3n) is 3.11. The maximum atomic E-state index is 12.3. The second-order valence-electron chi connectivity index (χ2n) is 4.48. The Morgan fingerprint density at radius 1 is 1.29 bits per heavy atom. The van der Waals surface area contributed by atoms with Crippen LogP contribution in [0.15, 0.2) is 47.1 Å². The smallest absolute Gasteiger partial charge is 0.255 e. The number of amides is 1. The van der Waals surface area contributed by atoms with E-state index in [0.717, 1.165) is 15.4 Å². The highest BCUT2D eigenvalue weighted by atomic mass is 79.9. The van der Waals surface area contributed by atoms with Crippen LogP contribution in [0.25, 0.3) is 10.9 Å². The Bertz CT molecular complexity index is 814. The molecule has 1 aromatic heterocycles. The molecule has 0 aliphatic rings. The number of nitrogens with zero attached hydrogens (tertiary/aromatic N) is 1. The molecule has 5 nitrogen and oxygen atoms in total. The number of anilines is 1. The molecule has 0 bridgehead atoms. The van der Waals surface area contributed by atoms with Gasteiger partial charge in [0.05, 0.1) is 23.3 Å². The van der Waals surface area contributed by atoms with Gasteiger partial charge in [-0.3, -0.25) is 9.89 Å². The lowest BCUT2D eigenvalue weighted by molar-refractivity contribution is 0.102. The van der Waals surface area contributed by atoms with E-state index in [1.54, 1.807) is 37.6 Å². The first-order valence-electron chi connectivity index (χ1n) is 6.25. The summed E-state index contributed by atoms with van der Waals surface area (Å²) < 4.78 is 6.04. The Morgan fingerprint density at radius 3 is 2.95 bits per heavy atom. The second-order valence-corrected chi connectivity index (χ2v) is 5.33. The maximum absolute atomic E-state index is 12.3. The molecule has 0 aliphatic heterocycles. The summed E-state index contributed by atoms with van der Waals surface area (Å²) in [5, 5.41) is 10.6. The van der Waals surface area contributed by atoms with Crippen LogP contribution in [0.1, 0.15) is 10.4 Å². The van der Waals surface area contributed by atoms with Crippen molar-refractivity contribution < 1.29 is 9.53 Å². The van der Waals surface area contributed by atoms with Gasteiger partial charge >= 0.3 is 0 Å². The average Bonchev–Trinajstić information content (AvgIpc) is 2.96. The van der Waals surface area contributed by atoms with E-state index in [0.29, 0.717) is 17.0 Å². The SMILES string of the molecule is COc1cc(NC(=O)c2ccc3cn[nH]c3c2)ccc1Br. The van der Waals surface area contributed by atoms with E-state index in [2.05, 4.69) is 31.4 Å². The summed E-state index contributed by atoms with van der Waals surface area (Å²) in [6.07, 6.45) is 1.72. The van der Waals surface area contributed by atoms with E-state index in [9.17, 15) is 4.79 Å². The highest BCUT2D eigenvalue weighted by Gasteiger charge is 2.09. The van der Waals surface area contributed by atoms with Gasteiger partial charge in [-0.2, -0.15) is 5.10 Å². The number of fused-ring (bicyclic) bond motifs is 1. The molecule has 106 valence electrons. The highest BCUT2D eigenvalue weighted by molar-refractivity contribution is 9.10. The second kappa shape index (κ2) is 5.57. The van der Waals surface area contributed by atoms with E-state index < -0.39 is 0 Å². The van der Waals surface area contributed by atoms with Crippen molar-refractivity contribution in [3.8, 4) is 5.75 Å². The first-order chi connectivity index (χ1) is 10.2. The molecule has 0 saturated carbocycles. The Balaban J connectivity index is 1.85. The minimum atomic E-state index is -0.184. The Hall–Kier alpha value is -2.34. The number of H-pyrrole nitrogens is 1. The number of carbonyl (C=O) groups excluding carboxylic acids is 1. The largest absolute Gasteiger partial charge is 0.495 e. The maximum Gasteiger partial charge on any atom is 0.255 e. The normalized spacial score (nSPS) is 10.6. The lowest BCUT2D eigenvalue weighted by atomic mass is 10.1. The Labute approximate surface area is 129 Å². The number of aromatic amines is 1. The van der Waals surface area contributed by atoms with Crippen LogP contribution in [0, 0.1) is 0 Å². The van der Waals surface area contributed by atoms with Gasteiger partial charge in [-0.05, 0) is 40.2 Å². The molecule has 21 heavy (non-hydrogen) atoms. The molecule has 3 aromatic rings. The fourth-order valence-corrected chi connectivity index (χ4v) is 2.43. The summed E-state index contributed by atoms with van der Waals surface area (Å²) in [6.45, 7) is 0. The van der Waals surface area contributed by atoms with Gasteiger partial charge in [0.2, 0.25) is 0 Å². The van der Waals surface area contributed by atoms with Crippen molar-refractivity contribution in [2.75, 3.05) is 12.4 Å². The number of benzene rings is 2. The van der Waals surface area contributed by atoms with Crippen LogP contribution in [0.3, 0.4) is 0 Å². The van der Waals surface area contributed by atoms with Gasteiger partial charge in [0, 0.05) is 22.7 Å². The predicted molar refractivity (Wildman–Crippen MR) is 84.7 cm³/mol. The minimum absolute atomic E-state index is 0.184. The topological polar surface area (TPSA) is 67.0 Å². The number of hydrogen-bond donors (Lipinski definition) is 2. The third-order valence-corrected chi connectivity index (χ3v) is 3.77. The molecule has 0 saturated heterocycles. The Kier molecular flexibility index (Phi) is 3.62. The summed E-state index contributed by atoms with van der Waals surface area (Å²) in [5.74, 6) is 0.479. The van der Waals surface area contributed by atoms with Crippen LogP contribution < -0.4 is 10.1 Å². The van der Waals surface area contributed by atoms with Crippen LogP contribution >= 0.6 is 15.9 Å². The molecule has 0 atom stereocenters. The monoisotopic (exact) mass is 345 g/mol. The quantitative estimate of drug-likeness (QED) is 0.762. The third kappa shape index (κ3) is 2.75.